The Morgan fingerprint density at radius 1 is 0.760 bits per heavy atom. The number of aromatic nitrogens is 6. The maximum absolute atomic E-state index is 14.9. The van der Waals surface area contributed by atoms with Crippen LogP contribution in [0.15, 0.2) is 67.5 Å². The number of rotatable bonds is 4. The molecule has 2 unspecified atom stereocenters. The molecule has 4 fully saturated rings. The Morgan fingerprint density at radius 3 is 1.96 bits per heavy atom. The Balaban J connectivity index is 0.000000156. The number of fused-ring (bicyclic) bond motifs is 2. The lowest BCUT2D eigenvalue weighted by atomic mass is 9.74. The molecule has 5 aromatic rings. The maximum Gasteiger partial charge on any atom is 0.411 e. The van der Waals surface area contributed by atoms with E-state index in [2.05, 4.69) is 35.2 Å². The number of nitrogens with one attached hydrogen (secondary N) is 3. The van der Waals surface area contributed by atoms with E-state index in [4.69, 9.17) is 4.74 Å². The number of ether oxygens (including phenoxy) is 1. The zero-order valence-corrected chi connectivity index (χ0v) is 27.1. The highest BCUT2D eigenvalue weighted by molar-refractivity contribution is 5.88. The molecule has 2 spiro atoms. The molecule has 4 aliphatic heterocycles. The van der Waals surface area contributed by atoms with Crippen LogP contribution in [-0.2, 0) is 11.3 Å². The van der Waals surface area contributed by atoms with Crippen LogP contribution in [-0.4, -0.2) is 103 Å². The molecule has 4 saturated heterocycles. The SMILES string of the molecule is FC1(F)CNC12CCCN(c1ncnc3[nH]ccc13)C2.O=C(OCc1ccccc1)N1CC(F)(F)C12CCCN(c1ncnc3[nH]ccc13)C2. The van der Waals surface area contributed by atoms with Crippen molar-refractivity contribution in [3.8, 4) is 0 Å². The first kappa shape index (κ1) is 32.2. The van der Waals surface area contributed by atoms with Crippen molar-refractivity contribution < 1.29 is 27.1 Å². The van der Waals surface area contributed by atoms with Crippen LogP contribution in [0.4, 0.5) is 34.0 Å². The first-order valence-electron chi connectivity index (χ1n) is 16.7. The van der Waals surface area contributed by atoms with Crippen molar-refractivity contribution in [2.24, 2.45) is 0 Å². The van der Waals surface area contributed by atoms with Crippen LogP contribution in [0.2, 0.25) is 0 Å². The van der Waals surface area contributed by atoms with Crippen LogP contribution in [0.3, 0.4) is 0 Å². The Bertz CT molecular complexity index is 2010. The minimum Gasteiger partial charge on any atom is -0.445 e. The van der Waals surface area contributed by atoms with Gasteiger partial charge in [-0.3, -0.25) is 10.2 Å². The highest BCUT2D eigenvalue weighted by Gasteiger charge is 2.70. The highest BCUT2D eigenvalue weighted by atomic mass is 19.3. The second-order valence-electron chi connectivity index (χ2n) is 13.4. The Hall–Kier alpha value is -4.99. The van der Waals surface area contributed by atoms with E-state index in [1.54, 1.807) is 12.4 Å². The zero-order valence-electron chi connectivity index (χ0n) is 27.1. The third-order valence-corrected chi connectivity index (χ3v) is 10.6. The zero-order chi connectivity index (χ0) is 34.6. The summed E-state index contributed by atoms with van der Waals surface area (Å²) < 4.78 is 62.9. The maximum atomic E-state index is 14.9. The third-order valence-electron chi connectivity index (χ3n) is 10.6. The van der Waals surface area contributed by atoms with Crippen LogP contribution in [0.5, 0.6) is 0 Å². The fourth-order valence-corrected chi connectivity index (χ4v) is 7.75. The van der Waals surface area contributed by atoms with Gasteiger partial charge in [-0.2, -0.15) is 0 Å². The summed E-state index contributed by atoms with van der Waals surface area (Å²) in [7, 11) is 0. The van der Waals surface area contributed by atoms with Crippen molar-refractivity contribution in [1.29, 1.82) is 0 Å². The summed E-state index contributed by atoms with van der Waals surface area (Å²) in [6.45, 7) is 0.827. The summed E-state index contributed by atoms with van der Waals surface area (Å²) in [5.41, 5.74) is -0.471. The number of amides is 1. The van der Waals surface area contributed by atoms with Crippen LogP contribution in [0.25, 0.3) is 22.1 Å². The van der Waals surface area contributed by atoms with Gasteiger partial charge in [-0.25, -0.2) is 42.3 Å². The van der Waals surface area contributed by atoms with E-state index >= 15 is 0 Å². The normalized spacial score (nSPS) is 25.2. The predicted molar refractivity (Wildman–Crippen MR) is 177 cm³/mol. The van der Waals surface area contributed by atoms with E-state index in [0.29, 0.717) is 30.9 Å². The number of likely N-dealkylation sites (tertiary alicyclic amines) is 1. The molecule has 50 heavy (non-hydrogen) atoms. The average molecular weight is 693 g/mol. The van der Waals surface area contributed by atoms with Gasteiger partial charge >= 0.3 is 6.09 Å². The summed E-state index contributed by atoms with van der Waals surface area (Å²) in [6.07, 6.45) is 7.71. The number of alkyl halides is 4. The van der Waals surface area contributed by atoms with Crippen LogP contribution < -0.4 is 15.1 Å². The van der Waals surface area contributed by atoms with Gasteiger partial charge in [-0.05, 0) is 43.4 Å². The summed E-state index contributed by atoms with van der Waals surface area (Å²) in [6, 6.07) is 12.9. The molecule has 1 amide bonds. The molecule has 9 rings (SSSR count). The van der Waals surface area contributed by atoms with E-state index in [1.165, 1.54) is 17.6 Å². The fourth-order valence-electron chi connectivity index (χ4n) is 7.75. The number of hydrogen-bond donors (Lipinski definition) is 3. The molecule has 3 N–H and O–H groups in total. The lowest BCUT2D eigenvalue weighted by molar-refractivity contribution is -0.233. The molecule has 2 atom stereocenters. The predicted octanol–water partition coefficient (Wildman–Crippen LogP) is 5.12. The Kier molecular flexibility index (Phi) is 7.80. The third kappa shape index (κ3) is 5.27. The smallest absolute Gasteiger partial charge is 0.411 e. The summed E-state index contributed by atoms with van der Waals surface area (Å²) in [5, 5.41) is 4.61. The number of nitrogens with zero attached hydrogens (tertiary/aromatic N) is 7. The number of benzene rings is 1. The van der Waals surface area contributed by atoms with Crippen molar-refractivity contribution in [1.82, 2.24) is 40.1 Å². The number of hydrogen-bond acceptors (Lipinski definition) is 9. The Morgan fingerprint density at radius 2 is 1.38 bits per heavy atom. The first-order chi connectivity index (χ1) is 24.1. The van der Waals surface area contributed by atoms with E-state index in [-0.39, 0.29) is 32.7 Å². The number of carbonyl (C=O) groups excluding carboxylic acids is 1. The number of carbonyl (C=O) groups is 1. The van der Waals surface area contributed by atoms with E-state index in [1.807, 2.05) is 52.3 Å². The van der Waals surface area contributed by atoms with Crippen LogP contribution >= 0.6 is 0 Å². The second-order valence-corrected chi connectivity index (χ2v) is 13.4. The number of halogens is 4. The molecule has 4 aromatic heterocycles. The van der Waals surface area contributed by atoms with Crippen LogP contribution in [0.1, 0.15) is 31.2 Å². The van der Waals surface area contributed by atoms with Crippen molar-refractivity contribution in [3.63, 3.8) is 0 Å². The van der Waals surface area contributed by atoms with Gasteiger partial charge in [0.1, 0.15) is 53.3 Å². The van der Waals surface area contributed by atoms with Gasteiger partial charge in [0.15, 0.2) is 0 Å². The highest BCUT2D eigenvalue weighted by Crippen LogP contribution is 2.51. The van der Waals surface area contributed by atoms with Crippen molar-refractivity contribution in [3.05, 3.63) is 73.1 Å². The molecule has 4 aliphatic rings. The molecular weight excluding hydrogens is 656 g/mol. The monoisotopic (exact) mass is 692 g/mol. The largest absolute Gasteiger partial charge is 0.445 e. The van der Waals surface area contributed by atoms with E-state index in [9.17, 15) is 22.4 Å². The lowest BCUT2D eigenvalue weighted by Gasteiger charge is -2.60. The van der Waals surface area contributed by atoms with Crippen molar-refractivity contribution in [2.75, 3.05) is 49.1 Å². The molecule has 12 nitrogen and oxygen atoms in total. The van der Waals surface area contributed by atoms with E-state index in [0.717, 1.165) is 40.8 Å². The Labute approximate surface area is 284 Å². The molecule has 0 radical (unpaired) electrons. The molecule has 16 heteroatoms. The minimum absolute atomic E-state index is 0.00225. The molecule has 1 aromatic carbocycles. The van der Waals surface area contributed by atoms with Gasteiger partial charge < -0.3 is 24.5 Å². The average Bonchev–Trinajstić information content (AvgIpc) is 3.83. The van der Waals surface area contributed by atoms with Crippen molar-refractivity contribution >= 4 is 39.8 Å². The number of H-pyrrole nitrogens is 2. The first-order valence-corrected chi connectivity index (χ1v) is 16.7. The molecule has 0 bridgehead atoms. The van der Waals surface area contributed by atoms with Gasteiger partial charge in [-0.1, -0.05) is 30.3 Å². The molecule has 0 aliphatic carbocycles. The van der Waals surface area contributed by atoms with E-state index < -0.39 is 35.6 Å². The summed E-state index contributed by atoms with van der Waals surface area (Å²) in [4.78, 5) is 40.6. The standard InChI is InChI=1S/C21H21F2N5O2.C13H15F2N5/c22-21(23)13-28(19(29)30-11-15-5-2-1-3-6-15)20(21)8-4-10-27(12-20)18-16-7-9-24-17(16)25-14-26-18;14-13(15)6-19-12(13)3-1-5-20(7-12)11-9-2-4-16-10(9)17-8-18-11/h1-3,5-7,9,14H,4,8,10-13H2,(H,24,25,26);2,4,8,19H,1,3,5-7H2,(H,16,17,18). The fraction of sp³-hybridized carbons (Fsp3) is 0.441. The quantitative estimate of drug-likeness (QED) is 0.220. The molecular formula is C34H36F4N10O2. The topological polar surface area (TPSA) is 131 Å². The van der Waals surface area contributed by atoms with Gasteiger partial charge in [-0.15, -0.1) is 0 Å². The van der Waals surface area contributed by atoms with Crippen molar-refractivity contribution in [2.45, 2.75) is 55.2 Å². The molecule has 8 heterocycles. The molecule has 262 valence electrons. The summed E-state index contributed by atoms with van der Waals surface area (Å²) in [5.74, 6) is -4.28. The number of piperidine rings is 2. The van der Waals surface area contributed by atoms with Gasteiger partial charge in [0.2, 0.25) is 0 Å². The lowest BCUT2D eigenvalue weighted by Crippen LogP contribution is -2.80. The van der Waals surface area contributed by atoms with Crippen LogP contribution in [0, 0.1) is 0 Å². The van der Waals surface area contributed by atoms with Gasteiger partial charge in [0.05, 0.1) is 23.9 Å². The second kappa shape index (κ2) is 12.1. The number of anilines is 2. The molecule has 0 saturated carbocycles. The minimum atomic E-state index is -2.98. The van der Waals surface area contributed by atoms with Gasteiger partial charge in [0.25, 0.3) is 11.8 Å². The number of aromatic amines is 2. The summed E-state index contributed by atoms with van der Waals surface area (Å²) >= 11 is 0. The van der Waals surface area contributed by atoms with Gasteiger partial charge in [0, 0.05) is 38.6 Å².